The summed E-state index contributed by atoms with van der Waals surface area (Å²) in [7, 11) is 0. The highest BCUT2D eigenvalue weighted by atomic mass is 79.9. The van der Waals surface area contributed by atoms with Crippen LogP contribution >= 0.6 is 27.7 Å². The van der Waals surface area contributed by atoms with Crippen molar-refractivity contribution in [2.75, 3.05) is 6.61 Å². The molecule has 1 aliphatic rings. The molecule has 3 rings (SSSR count). The summed E-state index contributed by atoms with van der Waals surface area (Å²) < 4.78 is 6.36. The lowest BCUT2D eigenvalue weighted by Crippen LogP contribution is -2.19. The second kappa shape index (κ2) is 8.88. The number of aliphatic imine (C=N–C) groups is 1. The molecule has 0 spiro atoms. The fourth-order valence-electron chi connectivity index (χ4n) is 2.25. The minimum atomic E-state index is -0.926. The molecule has 138 valence electrons. The van der Waals surface area contributed by atoms with Gasteiger partial charge < -0.3 is 15.2 Å². The number of carboxylic acids is 1. The molecular weight excluding hydrogens is 432 g/mol. The number of carboxylic acid groups (broad SMARTS) is 1. The summed E-state index contributed by atoms with van der Waals surface area (Å²) in [6.45, 7) is 0.0591. The van der Waals surface area contributed by atoms with Gasteiger partial charge in [-0.2, -0.15) is 0 Å². The average molecular weight is 447 g/mol. The van der Waals surface area contributed by atoms with Gasteiger partial charge in [0, 0.05) is 10.0 Å². The number of ether oxygens (including phenoxy) is 1. The van der Waals surface area contributed by atoms with Crippen LogP contribution in [0.25, 0.3) is 6.08 Å². The fraction of sp³-hybridized carbons (Fsp3) is 0.105. The predicted octanol–water partition coefficient (Wildman–Crippen LogP) is 4.19. The number of thioether (sulfide) groups is 1. The van der Waals surface area contributed by atoms with E-state index >= 15 is 0 Å². The number of halogens is 1. The standard InChI is InChI=1S/C19H15BrN2O4S/c20-13-6-2-3-7-14(13)21-19-22-18(25)16(27-19)11-12-5-1-4-8-15(12)26-10-9-17(23)24/h1-8,11H,9-10H2,(H,23,24)(H,21,22,25)/b16-11+. The van der Waals surface area contributed by atoms with E-state index in [0.717, 1.165) is 10.2 Å². The van der Waals surface area contributed by atoms with Crippen LogP contribution in [0, 0.1) is 0 Å². The summed E-state index contributed by atoms with van der Waals surface area (Å²) >= 11 is 4.66. The van der Waals surface area contributed by atoms with Gasteiger partial charge in [0.15, 0.2) is 5.17 Å². The molecule has 2 aromatic carbocycles. The molecule has 1 aliphatic heterocycles. The van der Waals surface area contributed by atoms with Gasteiger partial charge in [0.2, 0.25) is 0 Å². The van der Waals surface area contributed by atoms with E-state index in [2.05, 4.69) is 26.2 Å². The molecule has 1 fully saturated rings. The van der Waals surface area contributed by atoms with E-state index in [1.54, 1.807) is 24.3 Å². The lowest BCUT2D eigenvalue weighted by Gasteiger charge is -2.08. The zero-order chi connectivity index (χ0) is 19.2. The van der Waals surface area contributed by atoms with Crippen molar-refractivity contribution in [3.05, 3.63) is 63.5 Å². The number of carbonyl (C=O) groups excluding carboxylic acids is 1. The first-order valence-corrected chi connectivity index (χ1v) is 9.61. The van der Waals surface area contributed by atoms with Crippen molar-refractivity contribution in [3.63, 3.8) is 0 Å². The van der Waals surface area contributed by atoms with Crippen molar-refractivity contribution in [1.29, 1.82) is 0 Å². The number of nitrogens with zero attached hydrogens (tertiary/aromatic N) is 1. The van der Waals surface area contributed by atoms with Crippen molar-refractivity contribution in [2.45, 2.75) is 6.42 Å². The first-order chi connectivity index (χ1) is 13.0. The van der Waals surface area contributed by atoms with Gasteiger partial charge in [0.25, 0.3) is 5.91 Å². The highest BCUT2D eigenvalue weighted by molar-refractivity contribution is 9.10. The van der Waals surface area contributed by atoms with E-state index < -0.39 is 5.97 Å². The number of amides is 1. The Morgan fingerprint density at radius 1 is 1.22 bits per heavy atom. The average Bonchev–Trinajstić information content (AvgIpc) is 2.97. The maximum absolute atomic E-state index is 12.3. The van der Waals surface area contributed by atoms with Gasteiger partial charge in [-0.15, -0.1) is 0 Å². The van der Waals surface area contributed by atoms with Crippen molar-refractivity contribution in [3.8, 4) is 5.75 Å². The number of rotatable bonds is 6. The van der Waals surface area contributed by atoms with Crippen LogP contribution in [0.1, 0.15) is 12.0 Å². The Bertz CT molecular complexity index is 943. The summed E-state index contributed by atoms with van der Waals surface area (Å²) in [5.41, 5.74) is 1.42. The monoisotopic (exact) mass is 446 g/mol. The van der Waals surface area contributed by atoms with Gasteiger partial charge in [-0.3, -0.25) is 9.59 Å². The molecular formula is C19H15BrN2O4S. The van der Waals surface area contributed by atoms with E-state index in [4.69, 9.17) is 9.84 Å². The SMILES string of the molecule is O=C(O)CCOc1ccccc1/C=C1/SC(=Nc2ccccc2Br)NC1=O. The Morgan fingerprint density at radius 3 is 2.74 bits per heavy atom. The molecule has 0 saturated carbocycles. The predicted molar refractivity (Wildman–Crippen MR) is 109 cm³/mol. The first-order valence-electron chi connectivity index (χ1n) is 8.00. The zero-order valence-electron chi connectivity index (χ0n) is 14.0. The molecule has 0 radical (unpaired) electrons. The molecule has 6 nitrogen and oxygen atoms in total. The van der Waals surface area contributed by atoms with Crippen molar-refractivity contribution in [1.82, 2.24) is 5.32 Å². The Kier molecular flexibility index (Phi) is 6.31. The van der Waals surface area contributed by atoms with Crippen LogP contribution in [-0.4, -0.2) is 28.8 Å². The molecule has 2 N–H and O–H groups in total. The quantitative estimate of drug-likeness (QED) is 0.649. The molecule has 0 aromatic heterocycles. The fourth-order valence-corrected chi connectivity index (χ4v) is 3.45. The largest absolute Gasteiger partial charge is 0.492 e. The van der Waals surface area contributed by atoms with Crippen LogP contribution in [0.15, 0.2) is 62.9 Å². The Hall–Kier alpha value is -2.58. The molecule has 0 aliphatic carbocycles. The van der Waals surface area contributed by atoms with Gasteiger partial charge in [0.1, 0.15) is 5.75 Å². The molecule has 8 heteroatoms. The van der Waals surface area contributed by atoms with Crippen LogP contribution in [0.3, 0.4) is 0 Å². The molecule has 1 heterocycles. The third-order valence-electron chi connectivity index (χ3n) is 3.50. The summed E-state index contributed by atoms with van der Waals surface area (Å²) in [4.78, 5) is 27.8. The van der Waals surface area contributed by atoms with Crippen LogP contribution in [0.5, 0.6) is 5.75 Å². The van der Waals surface area contributed by atoms with Gasteiger partial charge >= 0.3 is 5.97 Å². The molecule has 27 heavy (non-hydrogen) atoms. The van der Waals surface area contributed by atoms with Crippen LogP contribution in [-0.2, 0) is 9.59 Å². The van der Waals surface area contributed by atoms with E-state index in [-0.39, 0.29) is 18.9 Å². The number of para-hydroxylation sites is 2. The summed E-state index contributed by atoms with van der Waals surface area (Å²) in [6, 6.07) is 14.6. The van der Waals surface area contributed by atoms with E-state index in [9.17, 15) is 9.59 Å². The Morgan fingerprint density at radius 2 is 1.96 bits per heavy atom. The second-order valence-electron chi connectivity index (χ2n) is 5.46. The van der Waals surface area contributed by atoms with E-state index in [0.29, 0.717) is 21.4 Å². The van der Waals surface area contributed by atoms with Crippen molar-refractivity contribution >= 4 is 56.5 Å². The molecule has 2 aromatic rings. The topological polar surface area (TPSA) is 88.0 Å². The van der Waals surface area contributed by atoms with Crippen LogP contribution in [0.2, 0.25) is 0 Å². The molecule has 1 amide bonds. The van der Waals surface area contributed by atoms with E-state index in [1.807, 2.05) is 30.3 Å². The molecule has 1 saturated heterocycles. The van der Waals surface area contributed by atoms with Crippen molar-refractivity contribution in [2.24, 2.45) is 4.99 Å². The van der Waals surface area contributed by atoms with Gasteiger partial charge in [0.05, 0.1) is 23.6 Å². The molecule has 0 bridgehead atoms. The van der Waals surface area contributed by atoms with Crippen LogP contribution in [0.4, 0.5) is 5.69 Å². The summed E-state index contributed by atoms with van der Waals surface area (Å²) in [5, 5.41) is 12.0. The number of hydrogen-bond acceptors (Lipinski definition) is 5. The Labute approximate surface area is 168 Å². The third kappa shape index (κ3) is 5.21. The minimum absolute atomic E-state index is 0.0591. The minimum Gasteiger partial charge on any atom is -0.492 e. The molecule has 0 atom stereocenters. The van der Waals surface area contributed by atoms with Gasteiger partial charge in [-0.25, -0.2) is 4.99 Å². The number of aliphatic carboxylic acids is 1. The lowest BCUT2D eigenvalue weighted by atomic mass is 10.2. The number of carbonyl (C=O) groups is 2. The van der Waals surface area contributed by atoms with Gasteiger partial charge in [-0.1, -0.05) is 30.3 Å². The highest BCUT2D eigenvalue weighted by Crippen LogP contribution is 2.32. The highest BCUT2D eigenvalue weighted by Gasteiger charge is 2.24. The third-order valence-corrected chi connectivity index (χ3v) is 5.08. The summed E-state index contributed by atoms with van der Waals surface area (Å²) in [6.07, 6.45) is 1.61. The Balaban J connectivity index is 1.79. The zero-order valence-corrected chi connectivity index (χ0v) is 16.4. The number of hydrogen-bond donors (Lipinski definition) is 2. The normalized spacial score (nSPS) is 16.6. The first kappa shape index (κ1) is 19.2. The lowest BCUT2D eigenvalue weighted by molar-refractivity contribution is -0.137. The molecule has 0 unspecified atom stereocenters. The number of amidine groups is 1. The van der Waals surface area contributed by atoms with Gasteiger partial charge in [-0.05, 0) is 52.0 Å². The second-order valence-corrected chi connectivity index (χ2v) is 7.35. The number of nitrogens with one attached hydrogen (secondary N) is 1. The smallest absolute Gasteiger partial charge is 0.306 e. The maximum Gasteiger partial charge on any atom is 0.306 e. The number of benzene rings is 2. The summed E-state index contributed by atoms with van der Waals surface area (Å²) in [5.74, 6) is -0.647. The van der Waals surface area contributed by atoms with Crippen molar-refractivity contribution < 1.29 is 19.4 Å². The van der Waals surface area contributed by atoms with E-state index in [1.165, 1.54) is 11.8 Å². The maximum atomic E-state index is 12.3. The van der Waals surface area contributed by atoms with Crippen LogP contribution < -0.4 is 10.1 Å².